The number of rotatable bonds is 7. The van der Waals surface area contributed by atoms with Crippen molar-refractivity contribution in [3.63, 3.8) is 0 Å². The minimum absolute atomic E-state index is 0.0688. The molecule has 21 heavy (non-hydrogen) atoms. The Hall–Kier alpha value is -1.89. The van der Waals surface area contributed by atoms with Gasteiger partial charge in [0.2, 0.25) is 11.8 Å². The molecule has 1 unspecified atom stereocenters. The number of thiophene rings is 1. The number of esters is 1. The summed E-state index contributed by atoms with van der Waals surface area (Å²) in [6.45, 7) is -0.0711. The predicted octanol–water partition coefficient (Wildman–Crippen LogP) is 0.995. The summed E-state index contributed by atoms with van der Waals surface area (Å²) in [6, 6.07) is 3.27. The van der Waals surface area contributed by atoms with Crippen molar-refractivity contribution >= 4 is 29.1 Å². The van der Waals surface area contributed by atoms with Gasteiger partial charge in [-0.3, -0.25) is 14.4 Å². The van der Waals surface area contributed by atoms with Crippen LogP contribution in [0.2, 0.25) is 0 Å². The van der Waals surface area contributed by atoms with Crippen LogP contribution in [0.25, 0.3) is 0 Å². The third-order valence-electron chi connectivity index (χ3n) is 3.19. The molecule has 1 aliphatic rings. The van der Waals surface area contributed by atoms with Gasteiger partial charge in [-0.15, -0.1) is 11.3 Å². The highest BCUT2D eigenvalue weighted by atomic mass is 32.1. The first kappa shape index (κ1) is 15.5. The Labute approximate surface area is 126 Å². The standard InChI is InChI=1S/C14H18N2O4S/c1-20-13(18)7-10(11-3-2-6-21-11)16-12(17)8-15-14(19)9-4-5-9/h2-3,6,9-10H,4-5,7-8H2,1H3,(H,15,19)(H,16,17). The molecule has 0 aromatic carbocycles. The lowest BCUT2D eigenvalue weighted by Gasteiger charge is -2.16. The first-order valence-corrected chi connectivity index (χ1v) is 7.65. The molecule has 0 aliphatic heterocycles. The van der Waals surface area contributed by atoms with Gasteiger partial charge in [0.25, 0.3) is 0 Å². The zero-order chi connectivity index (χ0) is 15.2. The molecule has 2 N–H and O–H groups in total. The van der Waals surface area contributed by atoms with E-state index in [1.165, 1.54) is 18.4 Å². The van der Waals surface area contributed by atoms with Crippen LogP contribution in [-0.2, 0) is 19.1 Å². The number of carbonyl (C=O) groups is 3. The Balaban J connectivity index is 1.86. The Morgan fingerprint density at radius 2 is 2.19 bits per heavy atom. The van der Waals surface area contributed by atoms with Crippen LogP contribution in [0.15, 0.2) is 17.5 Å². The molecule has 2 rings (SSSR count). The maximum absolute atomic E-state index is 11.9. The van der Waals surface area contributed by atoms with Crippen LogP contribution in [0.3, 0.4) is 0 Å². The van der Waals surface area contributed by atoms with Crippen LogP contribution in [0.5, 0.6) is 0 Å². The minimum atomic E-state index is -0.428. The van der Waals surface area contributed by atoms with Gasteiger partial charge in [-0.2, -0.15) is 0 Å². The minimum Gasteiger partial charge on any atom is -0.469 e. The quantitative estimate of drug-likeness (QED) is 0.736. The van der Waals surface area contributed by atoms with Gasteiger partial charge in [-0.25, -0.2) is 0 Å². The molecule has 1 fully saturated rings. The summed E-state index contributed by atoms with van der Waals surface area (Å²) < 4.78 is 4.64. The van der Waals surface area contributed by atoms with Gasteiger partial charge in [0.05, 0.1) is 26.1 Å². The molecule has 0 saturated heterocycles. The van der Waals surface area contributed by atoms with E-state index in [9.17, 15) is 14.4 Å². The molecular formula is C14H18N2O4S. The second kappa shape index (κ2) is 7.21. The number of nitrogens with one attached hydrogen (secondary N) is 2. The average molecular weight is 310 g/mol. The molecular weight excluding hydrogens is 292 g/mol. The second-order valence-corrected chi connectivity index (χ2v) is 5.89. The highest BCUT2D eigenvalue weighted by Crippen LogP contribution is 2.28. The molecule has 1 aliphatic carbocycles. The fourth-order valence-electron chi connectivity index (χ4n) is 1.86. The molecule has 1 aromatic heterocycles. The number of carbonyl (C=O) groups excluding carboxylic acids is 3. The van der Waals surface area contributed by atoms with E-state index in [1.54, 1.807) is 0 Å². The maximum atomic E-state index is 11.9. The number of hydrogen-bond donors (Lipinski definition) is 2. The summed E-state index contributed by atoms with van der Waals surface area (Å²) in [4.78, 5) is 35.7. The molecule has 114 valence electrons. The summed E-state index contributed by atoms with van der Waals surface area (Å²) in [6.07, 6.45) is 1.86. The summed E-state index contributed by atoms with van der Waals surface area (Å²) in [7, 11) is 1.31. The van der Waals surface area contributed by atoms with Crippen LogP contribution in [0.4, 0.5) is 0 Å². The van der Waals surface area contributed by atoms with Crippen molar-refractivity contribution in [2.45, 2.75) is 25.3 Å². The fourth-order valence-corrected chi connectivity index (χ4v) is 2.64. The number of methoxy groups -OCH3 is 1. The van der Waals surface area contributed by atoms with Gasteiger partial charge in [0.1, 0.15) is 0 Å². The molecule has 7 heteroatoms. The van der Waals surface area contributed by atoms with E-state index in [1.807, 2.05) is 17.5 Å². The van der Waals surface area contributed by atoms with Crippen LogP contribution in [-0.4, -0.2) is 31.4 Å². The van der Waals surface area contributed by atoms with Gasteiger partial charge in [0, 0.05) is 10.8 Å². The van der Waals surface area contributed by atoms with Crippen molar-refractivity contribution in [1.29, 1.82) is 0 Å². The highest BCUT2D eigenvalue weighted by Gasteiger charge is 2.29. The molecule has 2 amide bonds. The smallest absolute Gasteiger partial charge is 0.307 e. The predicted molar refractivity (Wildman–Crippen MR) is 77.6 cm³/mol. The van der Waals surface area contributed by atoms with Gasteiger partial charge < -0.3 is 15.4 Å². The molecule has 0 spiro atoms. The number of ether oxygens (including phenoxy) is 1. The summed E-state index contributed by atoms with van der Waals surface area (Å²) in [5.74, 6) is -0.714. The van der Waals surface area contributed by atoms with Gasteiger partial charge in [-0.1, -0.05) is 6.07 Å². The largest absolute Gasteiger partial charge is 0.469 e. The highest BCUT2D eigenvalue weighted by molar-refractivity contribution is 7.10. The Morgan fingerprint density at radius 3 is 2.76 bits per heavy atom. The molecule has 1 atom stereocenters. The van der Waals surface area contributed by atoms with Crippen molar-refractivity contribution in [2.75, 3.05) is 13.7 Å². The third kappa shape index (κ3) is 4.86. The van der Waals surface area contributed by atoms with E-state index in [4.69, 9.17) is 0 Å². The lowest BCUT2D eigenvalue weighted by atomic mass is 10.1. The average Bonchev–Trinajstić information content (AvgIpc) is 3.18. The Kier molecular flexibility index (Phi) is 5.32. The lowest BCUT2D eigenvalue weighted by molar-refractivity contribution is -0.141. The van der Waals surface area contributed by atoms with E-state index in [2.05, 4.69) is 15.4 Å². The zero-order valence-corrected chi connectivity index (χ0v) is 12.6. The molecule has 1 heterocycles. The normalized spacial score (nSPS) is 15.1. The number of hydrogen-bond acceptors (Lipinski definition) is 5. The van der Waals surface area contributed by atoms with Crippen LogP contribution in [0.1, 0.15) is 30.2 Å². The van der Waals surface area contributed by atoms with Gasteiger partial charge in [0.15, 0.2) is 0 Å². The number of amides is 2. The van der Waals surface area contributed by atoms with E-state index >= 15 is 0 Å². The van der Waals surface area contributed by atoms with Crippen molar-refractivity contribution in [1.82, 2.24) is 10.6 Å². The Bertz CT molecular complexity index is 511. The SMILES string of the molecule is COC(=O)CC(NC(=O)CNC(=O)C1CC1)c1cccs1. The third-order valence-corrected chi connectivity index (χ3v) is 4.18. The van der Waals surface area contributed by atoms with E-state index in [0.717, 1.165) is 17.7 Å². The first-order chi connectivity index (χ1) is 10.1. The second-order valence-electron chi connectivity index (χ2n) is 4.91. The summed E-state index contributed by atoms with van der Waals surface area (Å²) in [5.41, 5.74) is 0. The summed E-state index contributed by atoms with van der Waals surface area (Å²) in [5, 5.41) is 7.23. The van der Waals surface area contributed by atoms with Gasteiger partial charge in [-0.05, 0) is 24.3 Å². The molecule has 6 nitrogen and oxygen atoms in total. The molecule has 1 aromatic rings. The topological polar surface area (TPSA) is 84.5 Å². The van der Waals surface area contributed by atoms with Crippen LogP contribution >= 0.6 is 11.3 Å². The molecule has 1 saturated carbocycles. The van der Waals surface area contributed by atoms with Crippen LogP contribution in [0, 0.1) is 5.92 Å². The molecule has 0 bridgehead atoms. The Morgan fingerprint density at radius 1 is 1.43 bits per heavy atom. The maximum Gasteiger partial charge on any atom is 0.307 e. The van der Waals surface area contributed by atoms with Crippen molar-refractivity contribution in [3.8, 4) is 0 Å². The van der Waals surface area contributed by atoms with Crippen molar-refractivity contribution < 1.29 is 19.1 Å². The lowest BCUT2D eigenvalue weighted by Crippen LogP contribution is -2.39. The van der Waals surface area contributed by atoms with E-state index in [-0.39, 0.29) is 30.7 Å². The van der Waals surface area contributed by atoms with Crippen molar-refractivity contribution in [2.24, 2.45) is 5.92 Å². The van der Waals surface area contributed by atoms with E-state index < -0.39 is 12.0 Å². The van der Waals surface area contributed by atoms with Gasteiger partial charge >= 0.3 is 5.97 Å². The fraction of sp³-hybridized carbons (Fsp3) is 0.500. The monoisotopic (exact) mass is 310 g/mol. The van der Waals surface area contributed by atoms with E-state index in [0.29, 0.717) is 0 Å². The zero-order valence-electron chi connectivity index (χ0n) is 11.8. The van der Waals surface area contributed by atoms with Crippen molar-refractivity contribution in [3.05, 3.63) is 22.4 Å². The first-order valence-electron chi connectivity index (χ1n) is 6.77. The summed E-state index contributed by atoms with van der Waals surface area (Å²) >= 11 is 1.45. The van der Waals surface area contributed by atoms with Crippen LogP contribution < -0.4 is 10.6 Å². The molecule has 0 radical (unpaired) electrons.